The number of hydrogen-bond acceptors (Lipinski definition) is 2. The highest BCUT2D eigenvalue weighted by molar-refractivity contribution is 7.82. The van der Waals surface area contributed by atoms with E-state index in [4.69, 9.17) is 17.3 Å². The summed E-state index contributed by atoms with van der Waals surface area (Å²) < 4.78 is 0. The molecule has 0 atom stereocenters. The Kier molecular flexibility index (Phi) is 2.91. The molecule has 0 radical (unpaired) electrons. The van der Waals surface area contributed by atoms with Gasteiger partial charge in [0.25, 0.3) is 0 Å². The van der Waals surface area contributed by atoms with Gasteiger partial charge in [-0.3, -0.25) is 0 Å². The van der Waals surface area contributed by atoms with Gasteiger partial charge in [0.1, 0.15) is 4.86 Å². The number of rotatable bonds is 3. The lowest BCUT2D eigenvalue weighted by atomic mass is 10.0. The maximum Gasteiger partial charge on any atom is 0.342 e. The Morgan fingerprint density at radius 3 is 2.63 bits per heavy atom. The van der Waals surface area contributed by atoms with Crippen molar-refractivity contribution in [2.45, 2.75) is 12.8 Å². The van der Waals surface area contributed by atoms with Gasteiger partial charge in [0.05, 0.1) is 0 Å². The number of benzene rings is 2. The summed E-state index contributed by atoms with van der Waals surface area (Å²) in [5.41, 5.74) is 6.09. The van der Waals surface area contributed by atoms with Crippen molar-refractivity contribution in [2.75, 3.05) is 0 Å². The summed E-state index contributed by atoms with van der Waals surface area (Å²) in [5, 5.41) is 8.84. The van der Waals surface area contributed by atoms with Gasteiger partial charge in [0.15, 0.2) is 0 Å². The van der Waals surface area contributed by atoms with Crippen LogP contribution in [-0.4, -0.2) is 15.9 Å². The monoisotopic (exact) mass is 268 g/mol. The highest BCUT2D eigenvalue weighted by atomic mass is 32.1. The van der Waals surface area contributed by atoms with Gasteiger partial charge in [-0.1, -0.05) is 54.7 Å². The zero-order valence-electron chi connectivity index (χ0n) is 10.2. The van der Waals surface area contributed by atoms with Crippen LogP contribution < -0.4 is 0 Å². The predicted octanol–water partition coefficient (Wildman–Crippen LogP) is 3.25. The highest BCUT2D eigenvalue weighted by Crippen LogP contribution is 2.36. The van der Waals surface area contributed by atoms with Gasteiger partial charge in [-0.25, -0.2) is 4.79 Å². The average molecular weight is 268 g/mol. The third-order valence-corrected chi connectivity index (χ3v) is 3.78. The molecule has 3 rings (SSSR count). The van der Waals surface area contributed by atoms with Crippen molar-refractivity contribution in [3.8, 4) is 11.1 Å². The Morgan fingerprint density at radius 2 is 1.84 bits per heavy atom. The van der Waals surface area contributed by atoms with Crippen LogP contribution in [0.1, 0.15) is 16.7 Å². The summed E-state index contributed by atoms with van der Waals surface area (Å²) in [5.74, 6) is -1.00. The molecule has 0 aromatic heterocycles. The van der Waals surface area contributed by atoms with Crippen LogP contribution in [-0.2, 0) is 17.6 Å². The van der Waals surface area contributed by atoms with Crippen molar-refractivity contribution in [3.05, 3.63) is 59.2 Å². The average Bonchev–Trinajstić information content (AvgIpc) is 2.76. The number of fused-ring (bicyclic) bond motifs is 3. The second-order valence-electron chi connectivity index (χ2n) is 4.73. The third kappa shape index (κ3) is 2.17. The molecule has 0 amide bonds. The minimum Gasteiger partial charge on any atom is -0.477 e. The Bertz CT molecular complexity index is 689. The molecule has 3 heteroatoms. The van der Waals surface area contributed by atoms with Crippen LogP contribution in [0.3, 0.4) is 0 Å². The lowest BCUT2D eigenvalue weighted by Crippen LogP contribution is -2.12. The molecule has 0 unspecified atom stereocenters. The lowest BCUT2D eigenvalue weighted by molar-refractivity contribution is -0.129. The normalized spacial score (nSPS) is 11.8. The molecule has 1 N–H and O–H groups in total. The maximum atomic E-state index is 10.8. The molecule has 0 aliphatic heterocycles. The Labute approximate surface area is 116 Å². The zero-order chi connectivity index (χ0) is 13.4. The fraction of sp³-hybridized carbons (Fsp3) is 0.125. The summed E-state index contributed by atoms with van der Waals surface area (Å²) in [6, 6.07) is 14.5. The van der Waals surface area contributed by atoms with Crippen molar-refractivity contribution < 1.29 is 9.90 Å². The van der Waals surface area contributed by atoms with Gasteiger partial charge >= 0.3 is 5.97 Å². The summed E-state index contributed by atoms with van der Waals surface area (Å²) in [6.07, 6.45) is 1.24. The molecule has 0 saturated carbocycles. The lowest BCUT2D eigenvalue weighted by Gasteiger charge is -2.04. The van der Waals surface area contributed by atoms with Crippen molar-refractivity contribution in [1.29, 1.82) is 0 Å². The van der Waals surface area contributed by atoms with Crippen LogP contribution in [0.5, 0.6) is 0 Å². The predicted molar refractivity (Wildman–Crippen MR) is 78.6 cm³/mol. The van der Waals surface area contributed by atoms with Crippen LogP contribution in [0.2, 0.25) is 0 Å². The Balaban J connectivity index is 1.93. The fourth-order valence-electron chi connectivity index (χ4n) is 2.57. The first-order valence-electron chi connectivity index (χ1n) is 6.11. The second kappa shape index (κ2) is 4.59. The third-order valence-electron chi connectivity index (χ3n) is 3.46. The van der Waals surface area contributed by atoms with E-state index in [0.29, 0.717) is 6.42 Å². The quantitative estimate of drug-likeness (QED) is 0.741. The van der Waals surface area contributed by atoms with E-state index in [2.05, 4.69) is 24.3 Å². The topological polar surface area (TPSA) is 37.3 Å². The molecule has 0 saturated heterocycles. The molecule has 2 aromatic rings. The highest BCUT2D eigenvalue weighted by Gasteiger charge is 2.18. The minimum absolute atomic E-state index is 0.0652. The standard InChI is InChI=1S/C16H12O2S/c17-16(18)15(19)8-10-5-6-14-12(7-10)9-11-3-1-2-4-13(11)14/h1-7H,8-9H2,(H,17,18). The molecule has 0 heterocycles. The van der Waals surface area contributed by atoms with Crippen LogP contribution >= 0.6 is 12.2 Å². The van der Waals surface area contributed by atoms with Crippen LogP contribution in [0, 0.1) is 0 Å². The largest absolute Gasteiger partial charge is 0.477 e. The van der Waals surface area contributed by atoms with E-state index >= 15 is 0 Å². The van der Waals surface area contributed by atoms with Gasteiger partial charge in [-0.2, -0.15) is 0 Å². The first-order chi connectivity index (χ1) is 9.15. The minimum atomic E-state index is -1.00. The van der Waals surface area contributed by atoms with E-state index in [0.717, 1.165) is 12.0 Å². The molecule has 19 heavy (non-hydrogen) atoms. The number of carboxylic acids is 1. The van der Waals surface area contributed by atoms with Gasteiger partial charge < -0.3 is 5.11 Å². The summed E-state index contributed by atoms with van der Waals surface area (Å²) >= 11 is 4.86. The second-order valence-corrected chi connectivity index (χ2v) is 5.22. The number of carboxylic acid groups (broad SMARTS) is 1. The van der Waals surface area contributed by atoms with Crippen molar-refractivity contribution in [2.24, 2.45) is 0 Å². The van der Waals surface area contributed by atoms with Gasteiger partial charge in [0, 0.05) is 6.42 Å². The molecule has 94 valence electrons. The SMILES string of the molecule is O=C(O)C(=S)Cc1ccc2c(c1)Cc1ccccc1-2. The van der Waals surface area contributed by atoms with Gasteiger partial charge in [0.2, 0.25) is 0 Å². The van der Waals surface area contributed by atoms with E-state index in [-0.39, 0.29) is 4.86 Å². The Morgan fingerprint density at radius 1 is 1.11 bits per heavy atom. The first-order valence-corrected chi connectivity index (χ1v) is 6.52. The summed E-state index contributed by atoms with van der Waals surface area (Å²) in [4.78, 5) is 10.8. The molecule has 1 aliphatic carbocycles. The number of carbonyl (C=O) groups is 1. The number of aliphatic carboxylic acids is 1. The fourth-order valence-corrected chi connectivity index (χ4v) is 2.74. The van der Waals surface area contributed by atoms with Crippen molar-refractivity contribution in [3.63, 3.8) is 0 Å². The first kappa shape index (κ1) is 12.1. The molecular formula is C16H12O2S. The zero-order valence-corrected chi connectivity index (χ0v) is 11.0. The summed E-state index contributed by atoms with van der Waals surface area (Å²) in [6.45, 7) is 0. The van der Waals surface area contributed by atoms with Crippen molar-refractivity contribution >= 4 is 23.1 Å². The molecule has 1 aliphatic rings. The maximum absolute atomic E-state index is 10.8. The summed E-state index contributed by atoms with van der Waals surface area (Å²) in [7, 11) is 0. The van der Waals surface area contributed by atoms with Gasteiger partial charge in [-0.05, 0) is 34.2 Å². The number of hydrogen-bond donors (Lipinski definition) is 1. The van der Waals surface area contributed by atoms with E-state index in [9.17, 15) is 4.79 Å². The van der Waals surface area contributed by atoms with E-state index in [1.165, 1.54) is 22.3 Å². The Hall–Kier alpha value is -2.00. The van der Waals surface area contributed by atoms with Crippen LogP contribution in [0.25, 0.3) is 11.1 Å². The van der Waals surface area contributed by atoms with E-state index in [1.807, 2.05) is 18.2 Å². The van der Waals surface area contributed by atoms with E-state index < -0.39 is 5.97 Å². The number of thiocarbonyl (C=S) groups is 1. The molecule has 0 spiro atoms. The van der Waals surface area contributed by atoms with E-state index in [1.54, 1.807) is 0 Å². The molecule has 2 aromatic carbocycles. The van der Waals surface area contributed by atoms with Crippen LogP contribution in [0.15, 0.2) is 42.5 Å². The van der Waals surface area contributed by atoms with Gasteiger partial charge in [-0.15, -0.1) is 0 Å². The molecule has 0 fully saturated rings. The molecular weight excluding hydrogens is 256 g/mol. The molecule has 0 bridgehead atoms. The van der Waals surface area contributed by atoms with Crippen LogP contribution in [0.4, 0.5) is 0 Å². The smallest absolute Gasteiger partial charge is 0.342 e. The molecule has 2 nitrogen and oxygen atoms in total. The van der Waals surface area contributed by atoms with Crippen molar-refractivity contribution in [1.82, 2.24) is 0 Å².